The van der Waals surface area contributed by atoms with Gasteiger partial charge in [0, 0.05) is 5.69 Å². The standard InChI is InChI=1S/C21H23F3N4O4/c1-3-10-28(11-17(29)26-16-9-8-15(22)19(23)20(16)24)12-18(30)27-21(31)25-13-4-6-14(32-2)7-5-13/h4-9H,3,10-12H2,1-2H3,(H,26,29)(H2,25,27,30,31). The van der Waals surface area contributed by atoms with Gasteiger partial charge in [0.2, 0.25) is 11.8 Å². The molecule has 0 atom stereocenters. The third-order valence-corrected chi connectivity index (χ3v) is 4.18. The van der Waals surface area contributed by atoms with Crippen molar-refractivity contribution in [1.29, 1.82) is 0 Å². The normalized spacial score (nSPS) is 10.6. The van der Waals surface area contributed by atoms with Crippen molar-refractivity contribution >= 4 is 29.2 Å². The van der Waals surface area contributed by atoms with Gasteiger partial charge in [-0.2, -0.15) is 0 Å². The van der Waals surface area contributed by atoms with E-state index in [0.717, 1.165) is 6.07 Å². The quantitative estimate of drug-likeness (QED) is 0.508. The molecular weight excluding hydrogens is 429 g/mol. The Kier molecular flexibility index (Phi) is 9.02. The van der Waals surface area contributed by atoms with Crippen molar-refractivity contribution in [3.05, 3.63) is 53.8 Å². The molecule has 0 unspecified atom stereocenters. The minimum absolute atomic E-state index is 0.294. The van der Waals surface area contributed by atoms with Gasteiger partial charge in [0.25, 0.3) is 0 Å². The fourth-order valence-electron chi connectivity index (χ4n) is 2.75. The number of nitrogens with zero attached hydrogens (tertiary/aromatic N) is 1. The molecule has 172 valence electrons. The Morgan fingerprint density at radius 3 is 2.19 bits per heavy atom. The maximum Gasteiger partial charge on any atom is 0.325 e. The molecule has 0 heterocycles. The summed E-state index contributed by atoms with van der Waals surface area (Å²) in [4.78, 5) is 37.8. The van der Waals surface area contributed by atoms with Crippen LogP contribution in [0.1, 0.15) is 13.3 Å². The van der Waals surface area contributed by atoms with E-state index in [2.05, 4.69) is 16.0 Å². The number of urea groups is 1. The minimum atomic E-state index is -1.70. The predicted molar refractivity (Wildman–Crippen MR) is 112 cm³/mol. The first-order valence-electron chi connectivity index (χ1n) is 9.64. The number of carbonyl (C=O) groups excluding carboxylic acids is 3. The molecule has 0 aliphatic rings. The van der Waals surface area contributed by atoms with E-state index in [1.807, 2.05) is 6.92 Å². The van der Waals surface area contributed by atoms with Crippen LogP contribution in [0.2, 0.25) is 0 Å². The van der Waals surface area contributed by atoms with Crippen molar-refractivity contribution < 1.29 is 32.3 Å². The smallest absolute Gasteiger partial charge is 0.325 e. The lowest BCUT2D eigenvalue weighted by Gasteiger charge is -2.20. The second-order valence-corrected chi connectivity index (χ2v) is 6.71. The van der Waals surface area contributed by atoms with Crippen LogP contribution in [0, 0.1) is 17.5 Å². The molecule has 0 aromatic heterocycles. The van der Waals surface area contributed by atoms with E-state index in [0.29, 0.717) is 30.5 Å². The third-order valence-electron chi connectivity index (χ3n) is 4.18. The first-order valence-corrected chi connectivity index (χ1v) is 9.64. The number of anilines is 2. The summed E-state index contributed by atoms with van der Waals surface area (Å²) in [6, 6.07) is 7.27. The van der Waals surface area contributed by atoms with Gasteiger partial charge < -0.3 is 15.4 Å². The van der Waals surface area contributed by atoms with E-state index < -0.39 is 41.0 Å². The van der Waals surface area contributed by atoms with E-state index in [9.17, 15) is 27.6 Å². The van der Waals surface area contributed by atoms with Crippen molar-refractivity contribution in [3.8, 4) is 5.75 Å². The second-order valence-electron chi connectivity index (χ2n) is 6.71. The molecule has 0 fully saturated rings. The van der Waals surface area contributed by atoms with Gasteiger partial charge in [-0.3, -0.25) is 19.8 Å². The average Bonchev–Trinajstić information content (AvgIpc) is 2.74. The van der Waals surface area contributed by atoms with E-state index in [1.165, 1.54) is 12.0 Å². The molecule has 3 N–H and O–H groups in total. The SMILES string of the molecule is CCCN(CC(=O)NC(=O)Nc1ccc(OC)cc1)CC(=O)Nc1ccc(F)c(F)c1F. The molecule has 0 radical (unpaired) electrons. The molecule has 0 aliphatic carbocycles. The minimum Gasteiger partial charge on any atom is -0.497 e. The Hall–Kier alpha value is -3.60. The number of amides is 4. The molecule has 0 saturated carbocycles. The van der Waals surface area contributed by atoms with E-state index >= 15 is 0 Å². The number of hydrogen-bond donors (Lipinski definition) is 3. The highest BCUT2D eigenvalue weighted by molar-refractivity contribution is 6.02. The zero-order valence-electron chi connectivity index (χ0n) is 17.5. The van der Waals surface area contributed by atoms with Crippen LogP contribution in [0.25, 0.3) is 0 Å². The van der Waals surface area contributed by atoms with E-state index in [4.69, 9.17) is 4.74 Å². The molecule has 0 aliphatic heterocycles. The van der Waals surface area contributed by atoms with Gasteiger partial charge in [-0.15, -0.1) is 0 Å². The fourth-order valence-corrected chi connectivity index (χ4v) is 2.75. The number of methoxy groups -OCH3 is 1. The number of rotatable bonds is 9. The van der Waals surface area contributed by atoms with Gasteiger partial charge >= 0.3 is 6.03 Å². The number of nitrogens with one attached hydrogen (secondary N) is 3. The topological polar surface area (TPSA) is 99.8 Å². The van der Waals surface area contributed by atoms with Crippen LogP contribution >= 0.6 is 0 Å². The summed E-state index contributed by atoms with van der Waals surface area (Å²) < 4.78 is 45.1. The maximum absolute atomic E-state index is 13.7. The van der Waals surface area contributed by atoms with Gasteiger partial charge in [-0.25, -0.2) is 18.0 Å². The van der Waals surface area contributed by atoms with Crippen LogP contribution < -0.4 is 20.7 Å². The lowest BCUT2D eigenvalue weighted by molar-refractivity contribution is -0.122. The van der Waals surface area contributed by atoms with Crippen molar-refractivity contribution in [2.75, 3.05) is 37.4 Å². The Labute approximate surface area is 182 Å². The molecule has 0 saturated heterocycles. The third kappa shape index (κ3) is 7.27. The summed E-state index contributed by atoms with van der Waals surface area (Å²) in [6.07, 6.45) is 0.581. The first kappa shape index (κ1) is 24.7. The molecule has 4 amide bonds. The van der Waals surface area contributed by atoms with Crippen LogP contribution in [0.5, 0.6) is 5.75 Å². The summed E-state index contributed by atoms with van der Waals surface area (Å²) in [5, 5.41) is 6.77. The Balaban J connectivity index is 1.89. The molecular formula is C21H23F3N4O4. The van der Waals surface area contributed by atoms with E-state index in [1.54, 1.807) is 24.3 Å². The summed E-state index contributed by atoms with van der Waals surface area (Å²) in [5.41, 5.74) is -0.0804. The highest BCUT2D eigenvalue weighted by Crippen LogP contribution is 2.19. The molecule has 0 spiro atoms. The summed E-state index contributed by atoms with van der Waals surface area (Å²) in [6.45, 7) is 1.51. The van der Waals surface area contributed by atoms with Crippen LogP contribution in [0.15, 0.2) is 36.4 Å². The Morgan fingerprint density at radius 1 is 0.906 bits per heavy atom. The van der Waals surface area contributed by atoms with Gasteiger partial charge in [-0.05, 0) is 49.4 Å². The molecule has 8 nitrogen and oxygen atoms in total. The highest BCUT2D eigenvalue weighted by Gasteiger charge is 2.19. The van der Waals surface area contributed by atoms with Crippen LogP contribution in [-0.2, 0) is 9.59 Å². The molecule has 11 heteroatoms. The van der Waals surface area contributed by atoms with Crippen molar-refractivity contribution in [3.63, 3.8) is 0 Å². The van der Waals surface area contributed by atoms with E-state index in [-0.39, 0.29) is 13.1 Å². The monoisotopic (exact) mass is 452 g/mol. The van der Waals surface area contributed by atoms with Gasteiger partial charge in [-0.1, -0.05) is 6.92 Å². The first-order chi connectivity index (χ1) is 15.2. The van der Waals surface area contributed by atoms with Crippen LogP contribution in [0.4, 0.5) is 29.3 Å². The molecule has 2 rings (SSSR count). The van der Waals surface area contributed by atoms with Gasteiger partial charge in [0.05, 0.1) is 25.9 Å². The Bertz CT molecular complexity index is 970. The number of imide groups is 1. The molecule has 0 bridgehead atoms. The zero-order valence-corrected chi connectivity index (χ0v) is 17.5. The van der Waals surface area contributed by atoms with Crippen LogP contribution in [0.3, 0.4) is 0 Å². The highest BCUT2D eigenvalue weighted by atomic mass is 19.2. The Morgan fingerprint density at radius 2 is 1.56 bits per heavy atom. The summed E-state index contributed by atoms with van der Waals surface area (Å²) >= 11 is 0. The van der Waals surface area contributed by atoms with Crippen LogP contribution in [-0.4, -0.2) is 49.5 Å². The number of hydrogen-bond acceptors (Lipinski definition) is 5. The number of ether oxygens (including phenoxy) is 1. The predicted octanol–water partition coefficient (Wildman–Crippen LogP) is 3.11. The number of carbonyl (C=O) groups is 3. The lowest BCUT2D eigenvalue weighted by atomic mass is 10.2. The van der Waals surface area contributed by atoms with Crippen molar-refractivity contribution in [2.45, 2.75) is 13.3 Å². The second kappa shape index (κ2) is 11.7. The van der Waals surface area contributed by atoms with Crippen molar-refractivity contribution in [2.24, 2.45) is 0 Å². The average molecular weight is 452 g/mol. The molecule has 2 aromatic rings. The molecule has 2 aromatic carbocycles. The van der Waals surface area contributed by atoms with Crippen molar-refractivity contribution in [1.82, 2.24) is 10.2 Å². The van der Waals surface area contributed by atoms with Gasteiger partial charge in [0.15, 0.2) is 17.5 Å². The largest absolute Gasteiger partial charge is 0.497 e. The number of benzene rings is 2. The maximum atomic E-state index is 13.7. The van der Waals surface area contributed by atoms with Gasteiger partial charge in [0.1, 0.15) is 5.75 Å². The number of halogens is 3. The fraction of sp³-hybridized carbons (Fsp3) is 0.286. The zero-order chi connectivity index (χ0) is 23.7. The summed E-state index contributed by atoms with van der Waals surface area (Å²) in [7, 11) is 1.50. The summed E-state index contributed by atoms with van der Waals surface area (Å²) in [5.74, 6) is -5.40. The lowest BCUT2D eigenvalue weighted by Crippen LogP contribution is -2.44. The molecule has 32 heavy (non-hydrogen) atoms.